The number of hydrogen-bond donors (Lipinski definition) is 2. The van der Waals surface area contributed by atoms with Gasteiger partial charge in [0, 0.05) is 32.5 Å². The highest BCUT2D eigenvalue weighted by atomic mass is 16.5. The molecule has 1 aliphatic heterocycles. The van der Waals surface area contributed by atoms with Crippen LogP contribution in [0.4, 0.5) is 0 Å². The summed E-state index contributed by atoms with van der Waals surface area (Å²) in [6.45, 7) is 0.851. The predicted molar refractivity (Wildman–Crippen MR) is 61.6 cm³/mol. The Morgan fingerprint density at radius 3 is 3.12 bits per heavy atom. The molecule has 5 heteroatoms. The van der Waals surface area contributed by atoms with E-state index in [0.717, 1.165) is 31.7 Å². The molecule has 0 aromatic carbocycles. The Kier molecular flexibility index (Phi) is 3.93. The summed E-state index contributed by atoms with van der Waals surface area (Å²) in [6.07, 6.45) is 8.26. The van der Waals surface area contributed by atoms with Crippen molar-refractivity contribution in [1.82, 2.24) is 15.0 Å². The van der Waals surface area contributed by atoms with Crippen molar-refractivity contribution in [2.45, 2.75) is 37.8 Å². The lowest BCUT2D eigenvalue weighted by molar-refractivity contribution is -0.00793. The molecule has 90 valence electrons. The van der Waals surface area contributed by atoms with Gasteiger partial charge in [0.05, 0.1) is 12.1 Å². The standard InChI is InChI=1S/C11H20N4O/c1-15-6-5-13-11(15)8-9(14-12)10-4-2-3-7-16-10/h5-6,9-10,14H,2-4,7-8,12H2,1H3. The topological polar surface area (TPSA) is 65.1 Å². The average molecular weight is 224 g/mol. The number of aromatic nitrogens is 2. The fourth-order valence-corrected chi connectivity index (χ4v) is 2.17. The van der Waals surface area contributed by atoms with E-state index in [-0.39, 0.29) is 12.1 Å². The zero-order valence-electron chi connectivity index (χ0n) is 9.72. The third kappa shape index (κ3) is 2.61. The van der Waals surface area contributed by atoms with Crippen molar-refractivity contribution >= 4 is 0 Å². The highest BCUT2D eigenvalue weighted by Gasteiger charge is 2.24. The van der Waals surface area contributed by atoms with Crippen molar-refractivity contribution < 1.29 is 4.74 Å². The first-order chi connectivity index (χ1) is 7.81. The number of hydrogen-bond acceptors (Lipinski definition) is 4. The maximum Gasteiger partial charge on any atom is 0.110 e. The van der Waals surface area contributed by atoms with E-state index in [1.165, 1.54) is 6.42 Å². The van der Waals surface area contributed by atoms with Gasteiger partial charge in [0.1, 0.15) is 5.82 Å². The van der Waals surface area contributed by atoms with Gasteiger partial charge in [-0.1, -0.05) is 0 Å². The summed E-state index contributed by atoms with van der Waals surface area (Å²) in [5.41, 5.74) is 2.86. The molecular weight excluding hydrogens is 204 g/mol. The highest BCUT2D eigenvalue weighted by Crippen LogP contribution is 2.17. The van der Waals surface area contributed by atoms with E-state index >= 15 is 0 Å². The molecule has 1 aromatic heterocycles. The number of rotatable bonds is 4. The molecule has 2 rings (SSSR count). The predicted octanol–water partition coefficient (Wildman–Crippen LogP) is 0.364. The Morgan fingerprint density at radius 2 is 2.56 bits per heavy atom. The van der Waals surface area contributed by atoms with Gasteiger partial charge < -0.3 is 9.30 Å². The number of nitrogens with one attached hydrogen (secondary N) is 1. The number of aryl methyl sites for hydroxylation is 1. The molecule has 0 bridgehead atoms. The van der Waals surface area contributed by atoms with E-state index in [9.17, 15) is 0 Å². The lowest BCUT2D eigenvalue weighted by atomic mass is 10.00. The fraction of sp³-hybridized carbons (Fsp3) is 0.727. The van der Waals surface area contributed by atoms with E-state index in [4.69, 9.17) is 10.6 Å². The van der Waals surface area contributed by atoms with Crippen LogP contribution in [0, 0.1) is 0 Å². The third-order valence-corrected chi connectivity index (χ3v) is 3.20. The summed E-state index contributed by atoms with van der Waals surface area (Å²) in [7, 11) is 2.00. The molecule has 0 amide bonds. The van der Waals surface area contributed by atoms with Gasteiger partial charge in [-0.25, -0.2) is 4.98 Å². The summed E-state index contributed by atoms with van der Waals surface area (Å²) < 4.78 is 7.76. The van der Waals surface area contributed by atoms with E-state index in [2.05, 4.69) is 10.4 Å². The first-order valence-electron chi connectivity index (χ1n) is 5.85. The number of hydrazine groups is 1. The quantitative estimate of drug-likeness (QED) is 0.572. The molecule has 1 saturated heterocycles. The molecular formula is C11H20N4O. The Morgan fingerprint density at radius 1 is 1.69 bits per heavy atom. The van der Waals surface area contributed by atoms with Crippen LogP contribution in [0.1, 0.15) is 25.1 Å². The SMILES string of the molecule is Cn1ccnc1CC(NN)C1CCCCO1. The van der Waals surface area contributed by atoms with Crippen molar-refractivity contribution in [3.63, 3.8) is 0 Å². The van der Waals surface area contributed by atoms with Gasteiger partial charge >= 0.3 is 0 Å². The van der Waals surface area contributed by atoms with E-state index in [1.807, 2.05) is 24.0 Å². The minimum absolute atomic E-state index is 0.154. The second kappa shape index (κ2) is 5.43. The van der Waals surface area contributed by atoms with Gasteiger partial charge in [-0.3, -0.25) is 11.3 Å². The van der Waals surface area contributed by atoms with Crippen LogP contribution < -0.4 is 11.3 Å². The molecule has 0 saturated carbocycles. The van der Waals surface area contributed by atoms with Crippen LogP contribution in [-0.2, 0) is 18.2 Å². The Labute approximate surface area is 96.0 Å². The molecule has 2 atom stereocenters. The monoisotopic (exact) mass is 224 g/mol. The zero-order chi connectivity index (χ0) is 11.4. The molecule has 1 aromatic rings. The number of imidazole rings is 1. The molecule has 2 unspecified atom stereocenters. The van der Waals surface area contributed by atoms with Crippen LogP contribution in [0.2, 0.25) is 0 Å². The molecule has 0 aliphatic carbocycles. The smallest absolute Gasteiger partial charge is 0.110 e. The minimum Gasteiger partial charge on any atom is -0.377 e. The van der Waals surface area contributed by atoms with Crippen LogP contribution in [0.3, 0.4) is 0 Å². The minimum atomic E-state index is 0.154. The highest BCUT2D eigenvalue weighted by molar-refractivity contribution is 4.96. The molecule has 16 heavy (non-hydrogen) atoms. The van der Waals surface area contributed by atoms with Crippen molar-refractivity contribution in [3.8, 4) is 0 Å². The van der Waals surface area contributed by atoms with Crippen molar-refractivity contribution in [1.29, 1.82) is 0 Å². The van der Waals surface area contributed by atoms with Gasteiger partial charge in [-0.15, -0.1) is 0 Å². The second-order valence-corrected chi connectivity index (χ2v) is 4.34. The number of nitrogens with two attached hydrogens (primary N) is 1. The fourth-order valence-electron chi connectivity index (χ4n) is 2.17. The Bertz CT molecular complexity index is 320. The van der Waals surface area contributed by atoms with Gasteiger partial charge in [0.15, 0.2) is 0 Å². The summed E-state index contributed by atoms with van der Waals surface area (Å²) in [5.74, 6) is 6.64. The molecule has 0 spiro atoms. The molecule has 1 aliphatic rings. The summed E-state index contributed by atoms with van der Waals surface area (Å²) >= 11 is 0. The van der Waals surface area contributed by atoms with Crippen LogP contribution in [0.5, 0.6) is 0 Å². The van der Waals surface area contributed by atoms with Crippen molar-refractivity contribution in [2.75, 3.05) is 6.61 Å². The number of ether oxygens (including phenoxy) is 1. The summed E-state index contributed by atoms with van der Waals surface area (Å²) in [6, 6.07) is 0.154. The summed E-state index contributed by atoms with van der Waals surface area (Å²) in [4.78, 5) is 4.31. The van der Waals surface area contributed by atoms with E-state index < -0.39 is 0 Å². The normalized spacial score (nSPS) is 23.2. The van der Waals surface area contributed by atoms with Crippen LogP contribution >= 0.6 is 0 Å². The number of nitrogens with zero attached hydrogens (tertiary/aromatic N) is 2. The largest absolute Gasteiger partial charge is 0.377 e. The van der Waals surface area contributed by atoms with Gasteiger partial charge in [0.25, 0.3) is 0 Å². The lowest BCUT2D eigenvalue weighted by Gasteiger charge is -2.29. The molecule has 0 radical (unpaired) electrons. The van der Waals surface area contributed by atoms with Crippen molar-refractivity contribution in [3.05, 3.63) is 18.2 Å². The first-order valence-corrected chi connectivity index (χ1v) is 5.85. The van der Waals surface area contributed by atoms with Crippen LogP contribution in [-0.4, -0.2) is 28.3 Å². The van der Waals surface area contributed by atoms with Gasteiger partial charge in [-0.2, -0.15) is 0 Å². The van der Waals surface area contributed by atoms with Crippen LogP contribution in [0.15, 0.2) is 12.4 Å². The van der Waals surface area contributed by atoms with E-state index in [0.29, 0.717) is 0 Å². The molecule has 3 N–H and O–H groups in total. The second-order valence-electron chi connectivity index (χ2n) is 4.34. The van der Waals surface area contributed by atoms with Gasteiger partial charge in [0.2, 0.25) is 0 Å². The average Bonchev–Trinajstić information content (AvgIpc) is 2.73. The maximum absolute atomic E-state index is 5.74. The molecule has 1 fully saturated rings. The Balaban J connectivity index is 1.97. The Hall–Kier alpha value is -0.910. The van der Waals surface area contributed by atoms with Crippen LogP contribution in [0.25, 0.3) is 0 Å². The maximum atomic E-state index is 5.74. The van der Waals surface area contributed by atoms with E-state index in [1.54, 1.807) is 0 Å². The third-order valence-electron chi connectivity index (χ3n) is 3.20. The summed E-state index contributed by atoms with van der Waals surface area (Å²) in [5, 5.41) is 0. The van der Waals surface area contributed by atoms with Crippen molar-refractivity contribution in [2.24, 2.45) is 12.9 Å². The molecule has 5 nitrogen and oxygen atoms in total. The first kappa shape index (κ1) is 11.6. The lowest BCUT2D eigenvalue weighted by Crippen LogP contribution is -2.48. The zero-order valence-corrected chi connectivity index (χ0v) is 9.72. The molecule has 2 heterocycles. The van der Waals surface area contributed by atoms with Gasteiger partial charge in [-0.05, 0) is 19.3 Å².